The molecule has 0 bridgehead atoms. The number of anilines is 1. The number of hydroxylamine groups is 2. The van der Waals surface area contributed by atoms with E-state index < -0.39 is 33.3 Å². The number of carbonyl (C=O) groups is 3. The molecular formula is C62H93N3NaO20S+. The van der Waals surface area contributed by atoms with Gasteiger partial charge in [-0.1, -0.05) is 53.2 Å². The molecule has 3 heterocycles. The largest absolute Gasteiger partial charge is 1.00 e. The van der Waals surface area contributed by atoms with E-state index in [0.717, 1.165) is 33.6 Å². The summed E-state index contributed by atoms with van der Waals surface area (Å²) in [5.74, 6) is -0.263. The van der Waals surface area contributed by atoms with Gasteiger partial charge in [0.25, 0.3) is 11.8 Å². The van der Waals surface area contributed by atoms with Gasteiger partial charge >= 0.3 is 35.5 Å². The third-order valence-electron chi connectivity index (χ3n) is 13.9. The van der Waals surface area contributed by atoms with Gasteiger partial charge in [0.2, 0.25) is 5.36 Å². The van der Waals surface area contributed by atoms with Crippen LogP contribution in [0.2, 0.25) is 0 Å². The van der Waals surface area contributed by atoms with Crippen LogP contribution in [0.5, 0.6) is 0 Å². The number of fused-ring (bicyclic) bond motifs is 2. The van der Waals surface area contributed by atoms with E-state index in [-0.39, 0.29) is 59.1 Å². The third kappa shape index (κ3) is 27.1. The smallest absolute Gasteiger partial charge is 0.744 e. The molecule has 5 rings (SSSR count). The van der Waals surface area contributed by atoms with Crippen molar-refractivity contribution in [1.29, 1.82) is 0 Å². The molecule has 1 aromatic rings. The molecule has 25 heteroatoms. The van der Waals surface area contributed by atoms with Crippen molar-refractivity contribution in [3.05, 3.63) is 82.6 Å². The number of unbranched alkanes of at least 4 members (excludes halogenated alkanes) is 2. The van der Waals surface area contributed by atoms with Gasteiger partial charge < -0.3 is 75.5 Å². The normalized spacial score (nSPS) is 14.7. The molecule has 0 spiro atoms. The number of ether oxygens (including phenoxy) is 12. The first-order valence-corrected chi connectivity index (χ1v) is 31.1. The molecule has 1 aliphatic carbocycles. The molecular weight excluding hydrogens is 1160 g/mol. The number of benzene rings is 2. The molecule has 87 heavy (non-hydrogen) atoms. The van der Waals surface area contributed by atoms with Crippen molar-refractivity contribution in [3.63, 3.8) is 0 Å². The van der Waals surface area contributed by atoms with E-state index in [1.54, 1.807) is 20.3 Å². The number of imide groups is 1. The van der Waals surface area contributed by atoms with Crippen LogP contribution in [0.3, 0.4) is 0 Å². The van der Waals surface area contributed by atoms with Crippen LogP contribution in [-0.2, 0) is 97.0 Å². The van der Waals surface area contributed by atoms with Crippen LogP contribution >= 0.6 is 0 Å². The zero-order chi connectivity index (χ0) is 62.1. The predicted octanol–water partition coefficient (Wildman–Crippen LogP) is 2.68. The molecule has 0 aromatic heterocycles. The van der Waals surface area contributed by atoms with Crippen LogP contribution in [-0.4, -0.2) is 215 Å². The first-order chi connectivity index (χ1) is 41.4. The number of hydrogen-bond donors (Lipinski definition) is 0. The Balaban J connectivity index is 0.0000162. The summed E-state index contributed by atoms with van der Waals surface area (Å²) in [5, 5.41) is 1.47. The van der Waals surface area contributed by atoms with Crippen LogP contribution in [0.15, 0.2) is 69.6 Å². The van der Waals surface area contributed by atoms with E-state index in [1.165, 1.54) is 12.1 Å². The summed E-state index contributed by atoms with van der Waals surface area (Å²) in [5.41, 5.74) is 3.06. The Bertz CT molecular complexity index is 2670. The van der Waals surface area contributed by atoms with Gasteiger partial charge in [0.05, 0.1) is 143 Å². The van der Waals surface area contributed by atoms with Gasteiger partial charge in [-0.15, -0.1) is 5.06 Å². The molecule has 3 aliphatic heterocycles. The van der Waals surface area contributed by atoms with Crippen LogP contribution in [0, 0.1) is 0 Å². The molecule has 0 N–H and O–H groups in total. The minimum atomic E-state index is -4.74. The second-order valence-corrected chi connectivity index (χ2v) is 23.1. The van der Waals surface area contributed by atoms with Gasteiger partial charge in [0, 0.05) is 73.9 Å². The summed E-state index contributed by atoms with van der Waals surface area (Å²) >= 11 is 0. The molecule has 1 fully saturated rings. The number of methoxy groups -OCH3 is 2. The van der Waals surface area contributed by atoms with Crippen molar-refractivity contribution < 1.29 is 123 Å². The van der Waals surface area contributed by atoms with Crippen LogP contribution in [0.25, 0.3) is 17.4 Å². The Morgan fingerprint density at radius 3 is 1.57 bits per heavy atom. The topological polar surface area (TPSA) is 251 Å². The van der Waals surface area contributed by atoms with E-state index in [9.17, 15) is 27.4 Å². The standard InChI is InChI=1S/C62H93N3O20S.Na/c1-61(2,3)57-46-49(12-11-13-56-62(4,5)53-48-51(86(69,70)71)16-18-54(53)64(56)21-10-8-9-14-60(68)85-65-58(66)19-20-59(65)67)52-17-15-50(47-55(52)84-57)63(22-24-74-30-32-78-38-40-82-44-42-80-36-34-76-28-26-72-6)23-25-75-31-33-79-39-41-83-45-43-81-37-35-77-29-27-73-7;/h11-13,15-18,46-48H,8-10,14,19-45H2,1-7H3;/q;+1. The molecule has 0 unspecified atom stereocenters. The summed E-state index contributed by atoms with van der Waals surface area (Å²) in [7, 11) is -1.47. The number of nitrogens with zero attached hydrogens (tertiary/aromatic N) is 3. The fourth-order valence-corrected chi connectivity index (χ4v) is 9.68. The van der Waals surface area contributed by atoms with E-state index >= 15 is 0 Å². The molecule has 2 amide bonds. The Hall–Kier alpha value is -4.03. The quantitative estimate of drug-likeness (QED) is 0.0259. The molecule has 1 saturated heterocycles. The number of rotatable bonds is 46. The summed E-state index contributed by atoms with van der Waals surface area (Å²) in [4.78, 5) is 43.3. The van der Waals surface area contributed by atoms with E-state index in [4.69, 9.17) is 66.1 Å². The van der Waals surface area contributed by atoms with Crippen molar-refractivity contribution in [1.82, 2.24) is 9.64 Å². The summed E-state index contributed by atoms with van der Waals surface area (Å²) in [6.07, 6.45) is 7.77. The first-order valence-electron chi connectivity index (χ1n) is 29.7. The van der Waals surface area contributed by atoms with Gasteiger partial charge in [0.15, 0.2) is 13.1 Å². The van der Waals surface area contributed by atoms with Crippen molar-refractivity contribution >= 4 is 39.7 Å². The van der Waals surface area contributed by atoms with Crippen molar-refractivity contribution in [2.24, 2.45) is 0 Å². The molecule has 4 aliphatic rings. The fourth-order valence-electron chi connectivity index (χ4n) is 9.19. The van der Waals surface area contributed by atoms with Gasteiger partial charge in [-0.2, -0.15) is 0 Å². The van der Waals surface area contributed by atoms with Gasteiger partial charge in [-0.3, -0.25) is 9.59 Å². The minimum Gasteiger partial charge on any atom is -0.744 e. The Kier molecular flexibility index (Phi) is 35.9. The maximum Gasteiger partial charge on any atom is 1.00 e. The number of hydrogen-bond acceptors (Lipinski definition) is 21. The second kappa shape index (κ2) is 41.4. The molecule has 1 aromatic carbocycles. The third-order valence-corrected chi connectivity index (χ3v) is 14.7. The van der Waals surface area contributed by atoms with Gasteiger partial charge in [0.1, 0.15) is 34.9 Å². The Labute approximate surface area is 536 Å². The van der Waals surface area contributed by atoms with Crippen LogP contribution < -0.4 is 44.4 Å². The molecule has 0 radical (unpaired) electrons. The zero-order valence-electron chi connectivity index (χ0n) is 52.6. The summed E-state index contributed by atoms with van der Waals surface area (Å²) in [6, 6.07) is 12.7. The van der Waals surface area contributed by atoms with Crippen molar-refractivity contribution in [3.8, 4) is 11.3 Å². The van der Waals surface area contributed by atoms with E-state index in [1.807, 2.05) is 50.3 Å². The first kappa shape index (κ1) is 75.4. The maximum atomic E-state index is 12.5. The van der Waals surface area contributed by atoms with E-state index in [2.05, 4.69) is 36.3 Å². The molecule has 23 nitrogen and oxygen atoms in total. The van der Waals surface area contributed by atoms with Crippen molar-refractivity contribution in [2.45, 2.75) is 88.9 Å². The predicted molar refractivity (Wildman–Crippen MR) is 319 cm³/mol. The summed E-state index contributed by atoms with van der Waals surface area (Å²) in [6.45, 7) is 22.2. The SMILES string of the molecule is COCCOCCOCCOCCOCCOCC[N+](CCOCCOCCOCCOCCOCCOC)=c1ccc2c(/C=C/C=C3/N(CCCCCC(=O)ON4C(=O)CCC4=O)c4ccc(S(=O)(=O)[O-])cc4C3(C)C)cc(C(C)(C)C)oc-2c1.[Na+]. The van der Waals surface area contributed by atoms with E-state index in [0.29, 0.717) is 201 Å². The number of carbonyl (C=O) groups excluding carboxylic acids is 3. The molecule has 0 saturated carbocycles. The van der Waals surface area contributed by atoms with Crippen LogP contribution in [0.4, 0.5) is 5.69 Å². The average molecular weight is 1260 g/mol. The van der Waals surface area contributed by atoms with Crippen molar-refractivity contribution in [2.75, 3.05) is 184 Å². The number of amides is 2. The van der Waals surface area contributed by atoms with Crippen LogP contribution in [0.1, 0.15) is 90.0 Å². The molecule has 482 valence electrons. The Morgan fingerprint density at radius 1 is 0.644 bits per heavy atom. The molecule has 0 atom stereocenters. The van der Waals surface area contributed by atoms with Gasteiger partial charge in [-0.25, -0.2) is 17.8 Å². The second-order valence-electron chi connectivity index (χ2n) is 21.8. The minimum absolute atomic E-state index is 0. The van der Waals surface area contributed by atoms with Gasteiger partial charge in [-0.05, 0) is 60.4 Å². The monoisotopic (exact) mass is 1250 g/mol. The maximum absolute atomic E-state index is 12.5. The average Bonchev–Trinajstić information content (AvgIpc) is 1.89. The fraction of sp³-hybridized carbons (Fsp3) is 0.645. The Morgan fingerprint density at radius 2 is 1.11 bits per heavy atom. The zero-order valence-corrected chi connectivity index (χ0v) is 55.4. The number of allylic oxidation sites excluding steroid dienone is 3. The summed E-state index contributed by atoms with van der Waals surface area (Å²) < 4.78 is 112.